The van der Waals surface area contributed by atoms with Crippen LogP contribution in [-0.4, -0.2) is 21.5 Å². The first-order valence-corrected chi connectivity index (χ1v) is 5.73. The van der Waals surface area contributed by atoms with Crippen LogP contribution >= 0.6 is 15.9 Å². The molecule has 1 aromatic heterocycles. The SMILES string of the molecule is Cn1nc(C#CCCO)c2ccc(Br)cc21. The maximum absolute atomic E-state index is 8.66. The number of aryl methyl sites for hydroxylation is 1. The summed E-state index contributed by atoms with van der Waals surface area (Å²) < 4.78 is 2.83. The molecule has 2 rings (SSSR count). The lowest BCUT2D eigenvalue weighted by atomic mass is 10.2. The summed E-state index contributed by atoms with van der Waals surface area (Å²) in [5.74, 6) is 5.86. The van der Waals surface area contributed by atoms with Crippen molar-refractivity contribution in [3.63, 3.8) is 0 Å². The molecular formula is C12H11BrN2O. The van der Waals surface area contributed by atoms with Crippen molar-refractivity contribution < 1.29 is 5.11 Å². The molecular weight excluding hydrogens is 268 g/mol. The Bertz CT molecular complexity index is 578. The third kappa shape index (κ3) is 2.11. The van der Waals surface area contributed by atoms with Crippen LogP contribution < -0.4 is 0 Å². The minimum absolute atomic E-state index is 0.0866. The number of benzene rings is 1. The highest BCUT2D eigenvalue weighted by Crippen LogP contribution is 2.21. The van der Waals surface area contributed by atoms with E-state index in [1.807, 2.05) is 29.9 Å². The molecule has 0 saturated heterocycles. The van der Waals surface area contributed by atoms with Crippen molar-refractivity contribution in [2.75, 3.05) is 6.61 Å². The van der Waals surface area contributed by atoms with E-state index in [4.69, 9.17) is 5.11 Å². The molecule has 1 N–H and O–H groups in total. The van der Waals surface area contributed by atoms with Crippen molar-refractivity contribution in [1.82, 2.24) is 9.78 Å². The number of aromatic nitrogens is 2. The molecule has 16 heavy (non-hydrogen) atoms. The van der Waals surface area contributed by atoms with E-state index in [-0.39, 0.29) is 6.61 Å². The lowest BCUT2D eigenvalue weighted by Crippen LogP contribution is -1.89. The van der Waals surface area contributed by atoms with Gasteiger partial charge < -0.3 is 5.11 Å². The summed E-state index contributed by atoms with van der Waals surface area (Å²) >= 11 is 3.43. The molecule has 0 atom stereocenters. The molecule has 0 fully saturated rings. The zero-order valence-electron chi connectivity index (χ0n) is 8.87. The topological polar surface area (TPSA) is 38.0 Å². The Morgan fingerprint density at radius 1 is 1.50 bits per heavy atom. The molecule has 0 aliphatic carbocycles. The average Bonchev–Trinajstić information content (AvgIpc) is 2.56. The summed E-state index contributed by atoms with van der Waals surface area (Å²) in [5.41, 5.74) is 1.81. The average molecular weight is 279 g/mol. The first kappa shape index (κ1) is 11.2. The molecule has 82 valence electrons. The molecule has 0 aliphatic rings. The largest absolute Gasteiger partial charge is 0.395 e. The standard InChI is InChI=1S/C12H11BrN2O/c1-15-12-8-9(13)5-6-10(12)11(14-15)4-2-3-7-16/h5-6,8,16H,3,7H2,1H3. The number of aliphatic hydroxyl groups is 1. The Morgan fingerprint density at radius 2 is 2.31 bits per heavy atom. The molecule has 0 bridgehead atoms. The second-order valence-electron chi connectivity index (χ2n) is 3.41. The van der Waals surface area contributed by atoms with Gasteiger partial charge in [-0.25, -0.2) is 0 Å². The predicted octanol–water partition coefficient (Wildman–Crippen LogP) is 2.07. The molecule has 1 heterocycles. The number of nitrogens with zero attached hydrogens (tertiary/aromatic N) is 2. The van der Waals surface area contributed by atoms with Crippen molar-refractivity contribution in [1.29, 1.82) is 0 Å². The van der Waals surface area contributed by atoms with E-state index in [1.54, 1.807) is 0 Å². The van der Waals surface area contributed by atoms with Crippen LogP contribution in [0.1, 0.15) is 12.1 Å². The smallest absolute Gasteiger partial charge is 0.143 e. The Balaban J connectivity index is 2.52. The number of hydrogen-bond acceptors (Lipinski definition) is 2. The maximum atomic E-state index is 8.66. The van der Waals surface area contributed by atoms with Gasteiger partial charge in [0, 0.05) is 23.3 Å². The Morgan fingerprint density at radius 3 is 3.06 bits per heavy atom. The van der Waals surface area contributed by atoms with Crippen LogP contribution in [0.4, 0.5) is 0 Å². The number of halogens is 1. The highest BCUT2D eigenvalue weighted by molar-refractivity contribution is 9.10. The van der Waals surface area contributed by atoms with Crippen molar-refractivity contribution in [2.45, 2.75) is 6.42 Å². The van der Waals surface area contributed by atoms with Crippen molar-refractivity contribution in [2.24, 2.45) is 7.05 Å². The first-order chi connectivity index (χ1) is 7.72. The molecule has 0 aliphatic heterocycles. The van der Waals surface area contributed by atoms with Gasteiger partial charge in [0.05, 0.1) is 12.1 Å². The zero-order chi connectivity index (χ0) is 11.5. The van der Waals surface area contributed by atoms with Crippen molar-refractivity contribution in [3.05, 3.63) is 28.4 Å². The monoisotopic (exact) mass is 278 g/mol. The van der Waals surface area contributed by atoms with E-state index in [1.165, 1.54) is 0 Å². The molecule has 0 unspecified atom stereocenters. The zero-order valence-corrected chi connectivity index (χ0v) is 10.5. The third-order valence-electron chi connectivity index (χ3n) is 2.26. The first-order valence-electron chi connectivity index (χ1n) is 4.94. The van der Waals surface area contributed by atoms with Gasteiger partial charge in [-0.15, -0.1) is 0 Å². The summed E-state index contributed by atoms with van der Waals surface area (Å²) in [4.78, 5) is 0. The normalized spacial score (nSPS) is 10.2. The minimum Gasteiger partial charge on any atom is -0.395 e. The van der Waals surface area contributed by atoms with Crippen LogP contribution in [0, 0.1) is 11.8 Å². The van der Waals surface area contributed by atoms with E-state index in [2.05, 4.69) is 32.9 Å². The second-order valence-corrected chi connectivity index (χ2v) is 4.32. The van der Waals surface area contributed by atoms with Crippen LogP contribution in [0.3, 0.4) is 0 Å². The highest BCUT2D eigenvalue weighted by Gasteiger charge is 2.06. The van der Waals surface area contributed by atoms with Gasteiger partial charge in [0.1, 0.15) is 5.69 Å². The summed E-state index contributed by atoms with van der Waals surface area (Å²) in [6.07, 6.45) is 0.481. The van der Waals surface area contributed by atoms with Gasteiger partial charge in [-0.2, -0.15) is 5.10 Å². The fraction of sp³-hybridized carbons (Fsp3) is 0.250. The summed E-state index contributed by atoms with van der Waals surface area (Å²) in [6, 6.07) is 5.98. The summed E-state index contributed by atoms with van der Waals surface area (Å²) in [6.45, 7) is 0.0866. The fourth-order valence-corrected chi connectivity index (χ4v) is 1.87. The Hall–Kier alpha value is -1.31. The molecule has 4 heteroatoms. The molecule has 0 amide bonds. The molecule has 0 radical (unpaired) electrons. The second kappa shape index (κ2) is 4.69. The minimum atomic E-state index is 0.0866. The van der Waals surface area contributed by atoms with Gasteiger partial charge in [-0.3, -0.25) is 4.68 Å². The lowest BCUT2D eigenvalue weighted by molar-refractivity contribution is 0.305. The number of aliphatic hydroxyl groups excluding tert-OH is 1. The highest BCUT2D eigenvalue weighted by atomic mass is 79.9. The lowest BCUT2D eigenvalue weighted by Gasteiger charge is -1.93. The Labute approximate surface area is 102 Å². The van der Waals surface area contributed by atoms with Gasteiger partial charge in [0.15, 0.2) is 0 Å². The van der Waals surface area contributed by atoms with Crippen LogP contribution in [0.25, 0.3) is 10.9 Å². The molecule has 0 saturated carbocycles. The third-order valence-corrected chi connectivity index (χ3v) is 2.75. The van der Waals surface area contributed by atoms with E-state index >= 15 is 0 Å². The van der Waals surface area contributed by atoms with Gasteiger partial charge in [0.25, 0.3) is 0 Å². The predicted molar refractivity (Wildman–Crippen MR) is 67.0 cm³/mol. The van der Waals surface area contributed by atoms with E-state index in [0.29, 0.717) is 6.42 Å². The number of rotatable bonds is 1. The van der Waals surface area contributed by atoms with E-state index < -0.39 is 0 Å². The van der Waals surface area contributed by atoms with Crippen LogP contribution in [0.5, 0.6) is 0 Å². The summed E-state index contributed by atoms with van der Waals surface area (Å²) in [7, 11) is 1.89. The van der Waals surface area contributed by atoms with Gasteiger partial charge in [0.2, 0.25) is 0 Å². The number of fused-ring (bicyclic) bond motifs is 1. The molecule has 0 spiro atoms. The quantitative estimate of drug-likeness (QED) is 0.811. The molecule has 3 nitrogen and oxygen atoms in total. The van der Waals surface area contributed by atoms with Gasteiger partial charge in [-0.05, 0) is 24.1 Å². The molecule has 1 aromatic carbocycles. The van der Waals surface area contributed by atoms with Gasteiger partial charge >= 0.3 is 0 Å². The maximum Gasteiger partial charge on any atom is 0.143 e. The van der Waals surface area contributed by atoms with Crippen molar-refractivity contribution in [3.8, 4) is 11.8 Å². The summed E-state index contributed by atoms with van der Waals surface area (Å²) in [5, 5.41) is 14.0. The molecule has 2 aromatic rings. The van der Waals surface area contributed by atoms with Gasteiger partial charge in [-0.1, -0.05) is 21.9 Å². The Kier molecular flexibility index (Phi) is 3.28. The fourth-order valence-electron chi connectivity index (χ4n) is 1.52. The van der Waals surface area contributed by atoms with Crippen LogP contribution in [0.2, 0.25) is 0 Å². The number of hydrogen-bond donors (Lipinski definition) is 1. The van der Waals surface area contributed by atoms with Crippen LogP contribution in [-0.2, 0) is 7.05 Å². The van der Waals surface area contributed by atoms with Crippen LogP contribution in [0.15, 0.2) is 22.7 Å². The van der Waals surface area contributed by atoms with E-state index in [9.17, 15) is 0 Å². The van der Waals surface area contributed by atoms with Crippen molar-refractivity contribution >= 4 is 26.8 Å². The van der Waals surface area contributed by atoms with E-state index in [0.717, 1.165) is 21.1 Å².